The van der Waals surface area contributed by atoms with E-state index in [0.717, 1.165) is 6.42 Å². The number of benzene rings is 1. The molecule has 1 aliphatic heterocycles. The molecule has 0 aromatic heterocycles. The van der Waals surface area contributed by atoms with Gasteiger partial charge in [0.25, 0.3) is 0 Å². The minimum atomic E-state index is -1.42. The summed E-state index contributed by atoms with van der Waals surface area (Å²) in [4.78, 5) is 25.0. The second kappa shape index (κ2) is 8.59. The van der Waals surface area contributed by atoms with Crippen molar-refractivity contribution >= 4 is 19.1 Å². The lowest BCUT2D eigenvalue weighted by molar-refractivity contribution is -0.142. The van der Waals surface area contributed by atoms with Crippen LogP contribution in [0.15, 0.2) is 12.1 Å². The van der Waals surface area contributed by atoms with Crippen molar-refractivity contribution in [3.05, 3.63) is 34.6 Å². The van der Waals surface area contributed by atoms with Crippen molar-refractivity contribution in [1.29, 1.82) is 0 Å². The Labute approximate surface area is 162 Å². The Morgan fingerprint density at radius 2 is 1.96 bits per heavy atom. The number of carboxylic acids is 2. The molecule has 1 fully saturated rings. The summed E-state index contributed by atoms with van der Waals surface area (Å²) < 4.78 is 14.7. The molecule has 1 aromatic carbocycles. The highest BCUT2D eigenvalue weighted by Crippen LogP contribution is 2.42. The van der Waals surface area contributed by atoms with Gasteiger partial charge in [-0.25, -0.2) is 4.39 Å². The molecule has 0 bridgehead atoms. The lowest BCUT2D eigenvalue weighted by Crippen LogP contribution is -2.35. The van der Waals surface area contributed by atoms with Crippen LogP contribution < -0.4 is 0 Å². The maximum absolute atomic E-state index is 14.7. The van der Waals surface area contributed by atoms with E-state index >= 15 is 0 Å². The van der Waals surface area contributed by atoms with Crippen molar-refractivity contribution in [2.24, 2.45) is 5.92 Å². The van der Waals surface area contributed by atoms with Gasteiger partial charge < -0.3 is 20.3 Å². The van der Waals surface area contributed by atoms with E-state index in [0.29, 0.717) is 48.9 Å². The van der Waals surface area contributed by atoms with Crippen molar-refractivity contribution in [2.45, 2.75) is 56.9 Å². The van der Waals surface area contributed by atoms with Crippen LogP contribution in [0, 0.1) is 11.7 Å². The molecule has 7 nitrogen and oxygen atoms in total. The standard InChI is InChI=1S/C19H25BFNO6/c21-15-9-12-7-11(3-1-5-20(27)28)17(19(25)26)14(12)8-13(15)10-22-6-2-4-16(22)18(23)24/h8-9,11,16-17,27-28H,1-7,10H2,(H,23,24)(H,25,26). The fraction of sp³-hybridized carbons (Fsp3) is 0.579. The van der Waals surface area contributed by atoms with Crippen LogP contribution in [0.25, 0.3) is 0 Å². The van der Waals surface area contributed by atoms with E-state index < -0.39 is 36.8 Å². The van der Waals surface area contributed by atoms with Gasteiger partial charge in [-0.05, 0) is 61.7 Å². The van der Waals surface area contributed by atoms with E-state index in [1.165, 1.54) is 6.07 Å². The summed E-state index contributed by atoms with van der Waals surface area (Å²) in [7, 11) is -1.42. The minimum Gasteiger partial charge on any atom is -0.481 e. The number of rotatable bonds is 8. The predicted octanol–water partition coefficient (Wildman–Crippen LogP) is 1.47. The molecular weight excluding hydrogens is 368 g/mol. The second-order valence-electron chi connectivity index (χ2n) is 7.80. The van der Waals surface area contributed by atoms with E-state index in [1.807, 2.05) is 0 Å². The van der Waals surface area contributed by atoms with Crippen LogP contribution in [-0.2, 0) is 22.6 Å². The Hall–Kier alpha value is -1.97. The first-order chi connectivity index (χ1) is 13.3. The van der Waals surface area contributed by atoms with E-state index in [1.54, 1.807) is 11.0 Å². The van der Waals surface area contributed by atoms with Crippen molar-refractivity contribution < 1.29 is 34.2 Å². The largest absolute Gasteiger partial charge is 0.481 e. The summed E-state index contributed by atoms with van der Waals surface area (Å²) in [5, 5.41) is 37.0. The van der Waals surface area contributed by atoms with Crippen LogP contribution in [0.3, 0.4) is 0 Å². The van der Waals surface area contributed by atoms with Crippen molar-refractivity contribution in [2.75, 3.05) is 6.54 Å². The Kier molecular flexibility index (Phi) is 6.37. The zero-order valence-corrected chi connectivity index (χ0v) is 15.6. The quantitative estimate of drug-likeness (QED) is 0.494. The third-order valence-corrected chi connectivity index (χ3v) is 5.92. The first-order valence-corrected chi connectivity index (χ1v) is 9.65. The minimum absolute atomic E-state index is 0.143. The van der Waals surface area contributed by atoms with Crippen LogP contribution in [0.4, 0.5) is 4.39 Å². The predicted molar refractivity (Wildman–Crippen MR) is 99.3 cm³/mol. The summed E-state index contributed by atoms with van der Waals surface area (Å²) >= 11 is 0. The molecule has 9 heteroatoms. The highest BCUT2D eigenvalue weighted by molar-refractivity contribution is 6.40. The smallest absolute Gasteiger partial charge is 0.451 e. The van der Waals surface area contributed by atoms with Crippen LogP contribution in [0.5, 0.6) is 0 Å². The molecule has 2 aliphatic rings. The molecule has 28 heavy (non-hydrogen) atoms. The van der Waals surface area contributed by atoms with Crippen molar-refractivity contribution in [1.82, 2.24) is 4.90 Å². The average molecular weight is 393 g/mol. The normalized spacial score (nSPS) is 24.3. The number of halogens is 1. The molecule has 3 atom stereocenters. The van der Waals surface area contributed by atoms with E-state index in [-0.39, 0.29) is 18.8 Å². The molecule has 0 spiro atoms. The van der Waals surface area contributed by atoms with Gasteiger partial charge in [0.15, 0.2) is 0 Å². The average Bonchev–Trinajstić information content (AvgIpc) is 3.19. The van der Waals surface area contributed by atoms with Crippen LogP contribution in [0.2, 0.25) is 6.32 Å². The molecule has 3 unspecified atom stereocenters. The van der Waals surface area contributed by atoms with Gasteiger partial charge in [0, 0.05) is 12.1 Å². The van der Waals surface area contributed by atoms with Crippen molar-refractivity contribution in [3.8, 4) is 0 Å². The molecule has 4 N–H and O–H groups in total. The van der Waals surface area contributed by atoms with E-state index in [4.69, 9.17) is 10.0 Å². The van der Waals surface area contributed by atoms with Crippen LogP contribution in [0.1, 0.15) is 48.3 Å². The van der Waals surface area contributed by atoms with E-state index in [9.17, 15) is 24.2 Å². The topological polar surface area (TPSA) is 118 Å². The number of carboxylic acid groups (broad SMARTS) is 2. The van der Waals surface area contributed by atoms with Gasteiger partial charge in [-0.2, -0.15) is 0 Å². The van der Waals surface area contributed by atoms with Gasteiger partial charge in [0.2, 0.25) is 0 Å². The number of fused-ring (bicyclic) bond motifs is 1. The summed E-state index contributed by atoms with van der Waals surface area (Å²) in [5.41, 5.74) is 1.58. The number of carbonyl (C=O) groups is 2. The van der Waals surface area contributed by atoms with Gasteiger partial charge in [-0.3, -0.25) is 14.5 Å². The molecule has 0 radical (unpaired) electrons. The Bertz CT molecular complexity index is 758. The van der Waals surface area contributed by atoms with Gasteiger partial charge in [0.1, 0.15) is 11.9 Å². The molecule has 1 saturated heterocycles. The highest BCUT2D eigenvalue weighted by atomic mass is 19.1. The SMILES string of the molecule is O=C(O)C1c2cc(CN3CCCC3C(=O)O)c(F)cc2CC1CCCB(O)O. The number of hydrogen-bond acceptors (Lipinski definition) is 5. The third-order valence-electron chi connectivity index (χ3n) is 5.92. The maximum atomic E-state index is 14.7. The lowest BCUT2D eigenvalue weighted by atomic mass is 9.80. The molecule has 3 rings (SSSR count). The number of hydrogen-bond donors (Lipinski definition) is 4. The summed E-state index contributed by atoms with van der Waals surface area (Å²) in [6.07, 6.45) is 2.85. The third kappa shape index (κ3) is 4.37. The van der Waals surface area contributed by atoms with Gasteiger partial charge >= 0.3 is 19.1 Å². The molecular formula is C19H25BFNO6. The highest BCUT2D eigenvalue weighted by Gasteiger charge is 2.38. The van der Waals surface area contributed by atoms with Gasteiger partial charge in [0.05, 0.1) is 5.92 Å². The molecule has 1 aliphatic carbocycles. The zero-order valence-electron chi connectivity index (χ0n) is 15.6. The zero-order chi connectivity index (χ0) is 20.4. The summed E-state index contributed by atoms with van der Waals surface area (Å²) in [5.74, 6) is -3.33. The summed E-state index contributed by atoms with van der Waals surface area (Å²) in [6, 6.07) is 2.33. The fourth-order valence-corrected chi connectivity index (χ4v) is 4.60. The first kappa shape index (κ1) is 20.8. The molecule has 0 amide bonds. The molecule has 1 heterocycles. The fourth-order valence-electron chi connectivity index (χ4n) is 4.60. The van der Waals surface area contributed by atoms with Crippen molar-refractivity contribution in [3.63, 3.8) is 0 Å². The summed E-state index contributed by atoms with van der Waals surface area (Å²) in [6.45, 7) is 0.714. The molecule has 0 saturated carbocycles. The Morgan fingerprint density at radius 1 is 1.21 bits per heavy atom. The van der Waals surface area contributed by atoms with Crippen LogP contribution >= 0.6 is 0 Å². The Balaban J connectivity index is 1.80. The first-order valence-electron chi connectivity index (χ1n) is 9.65. The van der Waals surface area contributed by atoms with Crippen LogP contribution in [-0.4, -0.2) is 56.8 Å². The molecule has 152 valence electrons. The van der Waals surface area contributed by atoms with E-state index in [2.05, 4.69) is 0 Å². The van der Waals surface area contributed by atoms with Gasteiger partial charge in [-0.15, -0.1) is 0 Å². The Morgan fingerprint density at radius 3 is 2.61 bits per heavy atom. The second-order valence-corrected chi connectivity index (χ2v) is 7.80. The monoisotopic (exact) mass is 393 g/mol. The maximum Gasteiger partial charge on any atom is 0.451 e. The lowest BCUT2D eigenvalue weighted by Gasteiger charge is -2.22. The van der Waals surface area contributed by atoms with Gasteiger partial charge in [-0.1, -0.05) is 12.5 Å². The number of aliphatic carboxylic acids is 2. The number of likely N-dealkylation sites (tertiary alicyclic amines) is 1. The number of nitrogens with zero attached hydrogens (tertiary/aromatic N) is 1. The molecule has 1 aromatic rings.